The molecule has 2 rings (SSSR count). The molecular formula is C20H26Se. The van der Waals surface area contributed by atoms with Crippen LogP contribution in [0.3, 0.4) is 0 Å². The van der Waals surface area contributed by atoms with E-state index in [4.69, 9.17) is 0 Å². The van der Waals surface area contributed by atoms with Crippen LogP contribution in [0.1, 0.15) is 50.7 Å². The molecule has 0 heterocycles. The summed E-state index contributed by atoms with van der Waals surface area (Å²) < 4.78 is 2.95. The van der Waals surface area contributed by atoms with E-state index in [0.717, 1.165) is 0 Å². The fraction of sp³-hybridized carbons (Fsp3) is 0.400. The van der Waals surface area contributed by atoms with Gasteiger partial charge in [-0.1, -0.05) is 0 Å². The Kier molecular flexibility index (Phi) is 7.06. The molecule has 0 unspecified atom stereocenters. The van der Waals surface area contributed by atoms with Crippen LogP contribution in [0.15, 0.2) is 48.5 Å². The Hall–Kier alpha value is -1.04. The fourth-order valence-corrected chi connectivity index (χ4v) is 4.06. The van der Waals surface area contributed by atoms with Crippen molar-refractivity contribution in [2.24, 2.45) is 0 Å². The maximum absolute atomic E-state index is 2.32. The normalized spacial score (nSPS) is 10.8. The summed E-state index contributed by atoms with van der Waals surface area (Å²) in [6, 6.07) is 18.5. The van der Waals surface area contributed by atoms with Crippen LogP contribution < -0.4 is 8.92 Å². The molecule has 0 bridgehead atoms. The molecule has 0 radical (unpaired) electrons. The van der Waals surface area contributed by atoms with Gasteiger partial charge in [-0.05, 0) is 0 Å². The van der Waals surface area contributed by atoms with Crippen LogP contribution in [0.2, 0.25) is 0 Å². The Bertz CT molecular complexity index is 461. The Balaban J connectivity index is 1.91. The summed E-state index contributed by atoms with van der Waals surface area (Å²) in [6.07, 6.45) is 7.57. The molecule has 2 aromatic rings. The topological polar surface area (TPSA) is 0 Å². The van der Waals surface area contributed by atoms with Gasteiger partial charge in [0.15, 0.2) is 0 Å². The van der Waals surface area contributed by atoms with Crippen LogP contribution in [-0.4, -0.2) is 15.0 Å². The summed E-state index contributed by atoms with van der Waals surface area (Å²) in [5, 5.41) is 0. The molecule has 0 aliphatic heterocycles. The Morgan fingerprint density at radius 2 is 1.00 bits per heavy atom. The molecule has 0 saturated carbocycles. The number of rotatable bonds is 8. The number of aryl methyl sites for hydroxylation is 2. The molecule has 2 aromatic carbocycles. The second-order valence-corrected chi connectivity index (χ2v) is 8.00. The Morgan fingerprint density at radius 1 is 0.619 bits per heavy atom. The first kappa shape index (κ1) is 16.3. The average molecular weight is 345 g/mol. The number of hydrogen-bond donors (Lipinski definition) is 0. The first-order valence-electron chi connectivity index (χ1n) is 8.17. The summed E-state index contributed by atoms with van der Waals surface area (Å²) in [5.41, 5.74) is 2.96. The Morgan fingerprint density at radius 3 is 1.33 bits per heavy atom. The van der Waals surface area contributed by atoms with E-state index in [9.17, 15) is 0 Å². The zero-order valence-electron chi connectivity index (χ0n) is 13.3. The van der Waals surface area contributed by atoms with Crippen LogP contribution in [0.5, 0.6) is 0 Å². The van der Waals surface area contributed by atoms with Gasteiger partial charge in [0.25, 0.3) is 0 Å². The van der Waals surface area contributed by atoms with E-state index in [1.165, 1.54) is 58.6 Å². The molecule has 1 heteroatoms. The third-order valence-electron chi connectivity index (χ3n) is 3.72. The van der Waals surface area contributed by atoms with Gasteiger partial charge in [0, 0.05) is 0 Å². The van der Waals surface area contributed by atoms with Gasteiger partial charge in [-0.25, -0.2) is 0 Å². The molecule has 0 amide bonds. The summed E-state index contributed by atoms with van der Waals surface area (Å²) in [5.74, 6) is 0. The SMILES string of the molecule is CCCCc1ccc([Se]c2ccc(CCCC)cc2)cc1. The zero-order valence-corrected chi connectivity index (χ0v) is 15.0. The van der Waals surface area contributed by atoms with E-state index in [2.05, 4.69) is 62.4 Å². The van der Waals surface area contributed by atoms with Gasteiger partial charge in [-0.2, -0.15) is 0 Å². The van der Waals surface area contributed by atoms with Crippen molar-refractivity contribution in [3.05, 3.63) is 59.7 Å². The van der Waals surface area contributed by atoms with Crippen molar-refractivity contribution in [3.8, 4) is 0 Å². The first-order chi connectivity index (χ1) is 10.3. The summed E-state index contributed by atoms with van der Waals surface area (Å²) in [4.78, 5) is 0. The second-order valence-electron chi connectivity index (χ2n) is 5.60. The predicted octanol–water partition coefficient (Wildman–Crippen LogP) is 4.03. The van der Waals surface area contributed by atoms with Crippen LogP contribution >= 0.6 is 0 Å². The molecule has 0 nitrogen and oxygen atoms in total. The van der Waals surface area contributed by atoms with Crippen molar-refractivity contribution in [1.82, 2.24) is 0 Å². The third-order valence-corrected chi connectivity index (χ3v) is 5.85. The monoisotopic (exact) mass is 346 g/mol. The molecule has 0 aromatic heterocycles. The van der Waals surface area contributed by atoms with E-state index in [0.29, 0.717) is 15.0 Å². The quantitative estimate of drug-likeness (QED) is 0.634. The third kappa shape index (κ3) is 5.69. The summed E-state index contributed by atoms with van der Waals surface area (Å²) >= 11 is 0.437. The average Bonchev–Trinajstić information content (AvgIpc) is 2.53. The minimum atomic E-state index is 0.437. The molecular weight excluding hydrogens is 319 g/mol. The number of unbranched alkanes of at least 4 members (excludes halogenated alkanes) is 2. The van der Waals surface area contributed by atoms with E-state index in [1.54, 1.807) is 0 Å². The van der Waals surface area contributed by atoms with Crippen molar-refractivity contribution >= 4 is 23.9 Å². The van der Waals surface area contributed by atoms with Gasteiger partial charge < -0.3 is 0 Å². The van der Waals surface area contributed by atoms with Crippen molar-refractivity contribution in [3.63, 3.8) is 0 Å². The molecule has 21 heavy (non-hydrogen) atoms. The standard InChI is InChI=1S/C20H26Se/c1-3-5-7-17-9-13-19(14-10-17)21-20-15-11-18(12-16-20)8-6-4-2/h9-16H,3-8H2,1-2H3. The van der Waals surface area contributed by atoms with Crippen LogP contribution in [-0.2, 0) is 12.8 Å². The van der Waals surface area contributed by atoms with Crippen LogP contribution in [0.25, 0.3) is 0 Å². The van der Waals surface area contributed by atoms with Crippen molar-refractivity contribution in [2.75, 3.05) is 0 Å². The van der Waals surface area contributed by atoms with E-state index >= 15 is 0 Å². The maximum atomic E-state index is 2.32. The van der Waals surface area contributed by atoms with E-state index in [1.807, 2.05) is 0 Å². The van der Waals surface area contributed by atoms with Gasteiger partial charge in [-0.3, -0.25) is 0 Å². The Labute approximate surface area is 136 Å². The van der Waals surface area contributed by atoms with Crippen molar-refractivity contribution in [2.45, 2.75) is 52.4 Å². The van der Waals surface area contributed by atoms with E-state index < -0.39 is 0 Å². The molecule has 112 valence electrons. The van der Waals surface area contributed by atoms with Crippen LogP contribution in [0.4, 0.5) is 0 Å². The first-order valence-corrected chi connectivity index (χ1v) is 9.89. The number of benzene rings is 2. The van der Waals surface area contributed by atoms with Crippen molar-refractivity contribution < 1.29 is 0 Å². The molecule has 0 saturated heterocycles. The molecule has 0 N–H and O–H groups in total. The van der Waals surface area contributed by atoms with Crippen molar-refractivity contribution in [1.29, 1.82) is 0 Å². The van der Waals surface area contributed by atoms with Crippen LogP contribution in [0, 0.1) is 0 Å². The van der Waals surface area contributed by atoms with Gasteiger partial charge in [-0.15, -0.1) is 0 Å². The summed E-state index contributed by atoms with van der Waals surface area (Å²) in [7, 11) is 0. The molecule has 0 atom stereocenters. The minimum absolute atomic E-state index is 0.437. The number of hydrogen-bond acceptors (Lipinski definition) is 0. The van der Waals surface area contributed by atoms with Gasteiger partial charge in [0.05, 0.1) is 0 Å². The van der Waals surface area contributed by atoms with E-state index in [-0.39, 0.29) is 0 Å². The van der Waals surface area contributed by atoms with Gasteiger partial charge >= 0.3 is 136 Å². The van der Waals surface area contributed by atoms with Gasteiger partial charge in [0.1, 0.15) is 0 Å². The summed E-state index contributed by atoms with van der Waals surface area (Å²) in [6.45, 7) is 4.50. The molecule has 0 aliphatic rings. The molecule has 0 fully saturated rings. The second kappa shape index (κ2) is 9.07. The van der Waals surface area contributed by atoms with Gasteiger partial charge in [0.2, 0.25) is 0 Å². The molecule has 0 spiro atoms. The molecule has 0 aliphatic carbocycles. The predicted molar refractivity (Wildman–Crippen MR) is 95.1 cm³/mol. The zero-order chi connectivity index (χ0) is 14.9. The fourth-order valence-electron chi connectivity index (χ4n) is 2.35.